The van der Waals surface area contributed by atoms with E-state index in [2.05, 4.69) is 9.97 Å². The molecule has 110 valence electrons. The molecule has 21 heavy (non-hydrogen) atoms. The third-order valence-corrected chi connectivity index (χ3v) is 2.59. The maximum Gasteiger partial charge on any atom is 0.416 e. The highest BCUT2D eigenvalue weighted by molar-refractivity contribution is 6.29. The van der Waals surface area contributed by atoms with Crippen LogP contribution in [0.15, 0.2) is 30.6 Å². The van der Waals surface area contributed by atoms with Gasteiger partial charge in [0.05, 0.1) is 23.6 Å². The second-order valence-corrected chi connectivity index (χ2v) is 4.26. The molecule has 0 fully saturated rings. The number of nitrogens with zero attached hydrogens (tertiary/aromatic N) is 2. The average Bonchev–Trinajstić information content (AvgIpc) is 2.40. The summed E-state index contributed by atoms with van der Waals surface area (Å²) in [5, 5.41) is 2.04. The van der Waals surface area contributed by atoms with E-state index >= 15 is 0 Å². The summed E-state index contributed by atoms with van der Waals surface area (Å²) in [4.78, 5) is 18.9. The van der Waals surface area contributed by atoms with Crippen LogP contribution >= 0.6 is 11.6 Å². The molecule has 0 aliphatic carbocycles. The van der Waals surface area contributed by atoms with Gasteiger partial charge in [-0.3, -0.25) is 4.79 Å². The van der Waals surface area contributed by atoms with E-state index in [1.54, 1.807) is 0 Å². The van der Waals surface area contributed by atoms with Crippen molar-refractivity contribution in [3.05, 3.63) is 52.8 Å². The Balaban J connectivity index is 2.26. The van der Waals surface area contributed by atoms with E-state index in [-0.39, 0.29) is 10.8 Å². The molecule has 1 heterocycles. The van der Waals surface area contributed by atoms with Crippen LogP contribution in [0.3, 0.4) is 0 Å². The molecule has 0 atom stereocenters. The lowest BCUT2D eigenvalue weighted by atomic mass is 10.2. The van der Waals surface area contributed by atoms with Crippen LogP contribution < -0.4 is 5.32 Å². The molecule has 0 bridgehead atoms. The highest BCUT2D eigenvalue weighted by Gasteiger charge is 2.31. The maximum absolute atomic E-state index is 13.5. The predicted molar refractivity (Wildman–Crippen MR) is 66.4 cm³/mol. The lowest BCUT2D eigenvalue weighted by Crippen LogP contribution is -2.16. The summed E-state index contributed by atoms with van der Waals surface area (Å²) < 4.78 is 51.1. The highest BCUT2D eigenvalue weighted by Crippen LogP contribution is 2.31. The van der Waals surface area contributed by atoms with Gasteiger partial charge in [-0.05, 0) is 18.2 Å². The Morgan fingerprint density at radius 2 is 1.90 bits per heavy atom. The van der Waals surface area contributed by atoms with Gasteiger partial charge >= 0.3 is 6.18 Å². The van der Waals surface area contributed by atoms with Gasteiger partial charge in [0.15, 0.2) is 0 Å². The van der Waals surface area contributed by atoms with Gasteiger partial charge in [0.25, 0.3) is 5.91 Å². The SMILES string of the molecule is O=C(Nc1cc(C(F)(F)F)ccc1F)c1cnc(Cl)cn1. The fourth-order valence-electron chi connectivity index (χ4n) is 1.41. The first-order valence-corrected chi connectivity index (χ1v) is 5.81. The van der Waals surface area contributed by atoms with Crippen molar-refractivity contribution >= 4 is 23.2 Å². The summed E-state index contributed by atoms with van der Waals surface area (Å²) in [5.41, 5.74) is -1.90. The Morgan fingerprint density at radius 1 is 1.19 bits per heavy atom. The zero-order chi connectivity index (χ0) is 15.6. The minimum Gasteiger partial charge on any atom is -0.318 e. The normalized spacial score (nSPS) is 11.3. The van der Waals surface area contributed by atoms with Crippen molar-refractivity contribution in [2.24, 2.45) is 0 Å². The Hall–Kier alpha value is -2.22. The Kier molecular flexibility index (Phi) is 4.08. The molecule has 2 rings (SSSR count). The van der Waals surface area contributed by atoms with E-state index in [1.165, 1.54) is 0 Å². The van der Waals surface area contributed by atoms with Crippen molar-refractivity contribution < 1.29 is 22.4 Å². The molecular weight excluding hydrogens is 314 g/mol. The number of carbonyl (C=O) groups is 1. The summed E-state index contributed by atoms with van der Waals surface area (Å²) in [7, 11) is 0. The van der Waals surface area contributed by atoms with Gasteiger partial charge in [-0.1, -0.05) is 11.6 Å². The van der Waals surface area contributed by atoms with Gasteiger partial charge in [-0.2, -0.15) is 13.2 Å². The van der Waals surface area contributed by atoms with Crippen LogP contribution in [0.25, 0.3) is 0 Å². The van der Waals surface area contributed by atoms with Crippen LogP contribution in [0.5, 0.6) is 0 Å². The largest absolute Gasteiger partial charge is 0.416 e. The fourth-order valence-corrected chi connectivity index (χ4v) is 1.51. The summed E-state index contributed by atoms with van der Waals surface area (Å²) in [6, 6.07) is 1.69. The number of carbonyl (C=O) groups excluding carboxylic acids is 1. The second kappa shape index (κ2) is 5.65. The van der Waals surface area contributed by atoms with E-state index < -0.39 is 29.2 Å². The van der Waals surface area contributed by atoms with Crippen molar-refractivity contribution in [3.63, 3.8) is 0 Å². The zero-order valence-corrected chi connectivity index (χ0v) is 10.8. The molecule has 0 saturated heterocycles. The number of hydrogen-bond donors (Lipinski definition) is 1. The van der Waals surface area contributed by atoms with Crippen molar-refractivity contribution in [3.8, 4) is 0 Å². The second-order valence-electron chi connectivity index (χ2n) is 3.87. The number of rotatable bonds is 2. The van der Waals surface area contributed by atoms with Crippen LogP contribution in [0, 0.1) is 5.82 Å². The first-order chi connectivity index (χ1) is 9.77. The Labute approximate surface area is 120 Å². The summed E-state index contributed by atoms with van der Waals surface area (Å²) in [6.45, 7) is 0. The standard InChI is InChI=1S/C12H6ClF4N3O/c13-10-5-18-9(4-19-10)11(21)20-8-3-6(12(15,16)17)1-2-7(8)14/h1-5H,(H,20,21). The van der Waals surface area contributed by atoms with E-state index in [0.717, 1.165) is 12.4 Å². The number of anilines is 1. The number of hydrogen-bond acceptors (Lipinski definition) is 3. The van der Waals surface area contributed by atoms with Gasteiger partial charge in [0.1, 0.15) is 16.7 Å². The fraction of sp³-hybridized carbons (Fsp3) is 0.0833. The smallest absolute Gasteiger partial charge is 0.318 e. The van der Waals surface area contributed by atoms with E-state index in [0.29, 0.717) is 18.2 Å². The molecule has 0 radical (unpaired) electrons. The van der Waals surface area contributed by atoms with E-state index in [1.807, 2.05) is 5.32 Å². The number of alkyl halides is 3. The quantitative estimate of drug-likeness (QED) is 0.861. The number of benzene rings is 1. The molecular formula is C12H6ClF4N3O. The highest BCUT2D eigenvalue weighted by atomic mass is 35.5. The zero-order valence-electron chi connectivity index (χ0n) is 10.1. The van der Waals surface area contributed by atoms with Gasteiger partial charge in [-0.15, -0.1) is 0 Å². The maximum atomic E-state index is 13.5. The van der Waals surface area contributed by atoms with E-state index in [4.69, 9.17) is 11.6 Å². The molecule has 1 aromatic heterocycles. The third-order valence-electron chi connectivity index (χ3n) is 2.39. The molecule has 1 amide bonds. The minimum absolute atomic E-state index is 0.0387. The topological polar surface area (TPSA) is 54.9 Å². The monoisotopic (exact) mass is 319 g/mol. The lowest BCUT2D eigenvalue weighted by Gasteiger charge is -2.10. The van der Waals surface area contributed by atoms with Crippen LogP contribution in [0.1, 0.15) is 16.1 Å². The molecule has 9 heteroatoms. The minimum atomic E-state index is -4.65. The van der Waals surface area contributed by atoms with Crippen molar-refractivity contribution in [2.75, 3.05) is 5.32 Å². The van der Waals surface area contributed by atoms with Gasteiger partial charge in [0, 0.05) is 0 Å². The molecule has 2 aromatic rings. The molecule has 1 aromatic carbocycles. The number of halogens is 5. The number of nitrogens with one attached hydrogen (secondary N) is 1. The van der Waals surface area contributed by atoms with Gasteiger partial charge in [-0.25, -0.2) is 14.4 Å². The van der Waals surface area contributed by atoms with Crippen LogP contribution in [-0.2, 0) is 6.18 Å². The molecule has 4 nitrogen and oxygen atoms in total. The molecule has 0 aliphatic heterocycles. The first-order valence-electron chi connectivity index (χ1n) is 5.43. The molecule has 0 saturated carbocycles. The molecule has 0 spiro atoms. The number of aromatic nitrogens is 2. The molecule has 0 unspecified atom stereocenters. The summed E-state index contributed by atoms with van der Waals surface area (Å²) in [6.07, 6.45) is -2.55. The molecule has 0 aliphatic rings. The third kappa shape index (κ3) is 3.66. The van der Waals surface area contributed by atoms with E-state index in [9.17, 15) is 22.4 Å². The Bertz CT molecular complexity index is 673. The predicted octanol–water partition coefficient (Wildman–Crippen LogP) is 3.54. The van der Waals surface area contributed by atoms with Gasteiger partial charge < -0.3 is 5.32 Å². The van der Waals surface area contributed by atoms with Crippen molar-refractivity contribution in [1.29, 1.82) is 0 Å². The number of amides is 1. The van der Waals surface area contributed by atoms with Crippen molar-refractivity contribution in [2.45, 2.75) is 6.18 Å². The molecule has 1 N–H and O–H groups in total. The van der Waals surface area contributed by atoms with Crippen LogP contribution in [0.4, 0.5) is 23.2 Å². The van der Waals surface area contributed by atoms with Crippen LogP contribution in [-0.4, -0.2) is 15.9 Å². The Morgan fingerprint density at radius 3 is 2.48 bits per heavy atom. The summed E-state index contributed by atoms with van der Waals surface area (Å²) >= 11 is 5.48. The average molecular weight is 320 g/mol. The summed E-state index contributed by atoms with van der Waals surface area (Å²) in [5.74, 6) is -1.91. The first kappa shape index (κ1) is 15.2. The van der Waals surface area contributed by atoms with Crippen molar-refractivity contribution in [1.82, 2.24) is 9.97 Å². The lowest BCUT2D eigenvalue weighted by molar-refractivity contribution is -0.137. The van der Waals surface area contributed by atoms with Gasteiger partial charge in [0.2, 0.25) is 0 Å². The van der Waals surface area contributed by atoms with Crippen LogP contribution in [0.2, 0.25) is 5.15 Å².